The standard InChI is InChI=1S/C29H35N3O7S2/c1-19-14-32(20(2)17-33)28(34)13-22-12-23(30-41(35,36)29-5-4-10-40-29)7-9-24(22)39-27(19)16-31(3)15-21-6-8-25-26(11-21)38-18-37-25/h4-12,19-20,27,30,33H,13-18H2,1-3H3/t19-,20-,27+/m0/s1. The summed E-state index contributed by atoms with van der Waals surface area (Å²) < 4.78 is 46.0. The van der Waals surface area contributed by atoms with Crippen molar-refractivity contribution in [2.45, 2.75) is 43.2 Å². The first kappa shape index (κ1) is 29.2. The van der Waals surface area contributed by atoms with Gasteiger partial charge in [-0.1, -0.05) is 19.1 Å². The molecule has 1 amide bonds. The molecular weight excluding hydrogens is 566 g/mol. The van der Waals surface area contributed by atoms with Crippen molar-refractivity contribution in [2.24, 2.45) is 5.92 Å². The minimum Gasteiger partial charge on any atom is -0.488 e. The van der Waals surface area contributed by atoms with Gasteiger partial charge in [-0.25, -0.2) is 8.42 Å². The highest BCUT2D eigenvalue weighted by atomic mass is 32.2. The normalized spacial score (nSPS) is 19.6. The maximum Gasteiger partial charge on any atom is 0.271 e. The molecule has 0 radical (unpaired) electrons. The Morgan fingerprint density at radius 1 is 1.15 bits per heavy atom. The number of aliphatic hydroxyl groups excluding tert-OH is 1. The molecule has 2 aliphatic rings. The van der Waals surface area contributed by atoms with Gasteiger partial charge in [0, 0.05) is 36.8 Å². The minimum absolute atomic E-state index is 0.0146. The van der Waals surface area contributed by atoms with E-state index < -0.39 is 10.0 Å². The highest BCUT2D eigenvalue weighted by Crippen LogP contribution is 2.33. The Morgan fingerprint density at radius 2 is 1.93 bits per heavy atom. The molecule has 2 N–H and O–H groups in total. The van der Waals surface area contributed by atoms with Crippen molar-refractivity contribution in [2.75, 3.05) is 38.3 Å². The van der Waals surface area contributed by atoms with Gasteiger partial charge in [0.2, 0.25) is 12.7 Å². The molecule has 10 nitrogen and oxygen atoms in total. The van der Waals surface area contributed by atoms with E-state index in [1.807, 2.05) is 39.1 Å². The summed E-state index contributed by atoms with van der Waals surface area (Å²) in [5, 5.41) is 11.6. The summed E-state index contributed by atoms with van der Waals surface area (Å²) in [5.41, 5.74) is 1.99. The highest BCUT2D eigenvalue weighted by molar-refractivity contribution is 7.94. The zero-order chi connectivity index (χ0) is 29.1. The average Bonchev–Trinajstić information content (AvgIpc) is 3.64. The zero-order valence-electron chi connectivity index (χ0n) is 23.3. The van der Waals surface area contributed by atoms with E-state index >= 15 is 0 Å². The number of hydrogen-bond acceptors (Lipinski definition) is 9. The van der Waals surface area contributed by atoms with Gasteiger partial charge in [0.1, 0.15) is 16.1 Å². The highest BCUT2D eigenvalue weighted by Gasteiger charge is 2.31. The van der Waals surface area contributed by atoms with Crippen LogP contribution in [0, 0.1) is 5.92 Å². The van der Waals surface area contributed by atoms with E-state index in [1.165, 1.54) is 6.07 Å². The number of anilines is 1. The summed E-state index contributed by atoms with van der Waals surface area (Å²) in [6.45, 7) is 5.54. The average molecular weight is 602 g/mol. The smallest absolute Gasteiger partial charge is 0.271 e. The van der Waals surface area contributed by atoms with Crippen LogP contribution in [0.2, 0.25) is 0 Å². The fourth-order valence-electron chi connectivity index (χ4n) is 5.06. The number of carbonyl (C=O) groups is 1. The number of likely N-dealkylation sites (N-methyl/N-ethyl adjacent to an activating group) is 1. The quantitative estimate of drug-likeness (QED) is 0.383. The van der Waals surface area contributed by atoms with Crippen LogP contribution in [0.4, 0.5) is 5.69 Å². The van der Waals surface area contributed by atoms with Gasteiger partial charge in [0.25, 0.3) is 10.0 Å². The molecule has 12 heteroatoms. The molecule has 0 aliphatic carbocycles. The van der Waals surface area contributed by atoms with E-state index in [0.29, 0.717) is 36.6 Å². The maximum atomic E-state index is 13.5. The number of rotatable bonds is 9. The number of carbonyl (C=O) groups excluding carboxylic acids is 1. The molecule has 3 heterocycles. The third-order valence-corrected chi connectivity index (χ3v) is 10.1. The zero-order valence-corrected chi connectivity index (χ0v) is 24.9. The molecule has 2 aromatic carbocycles. The van der Waals surface area contributed by atoms with Crippen molar-refractivity contribution in [1.29, 1.82) is 0 Å². The van der Waals surface area contributed by atoms with Gasteiger partial charge < -0.3 is 24.2 Å². The number of nitrogens with one attached hydrogen (secondary N) is 1. The van der Waals surface area contributed by atoms with Crippen LogP contribution in [0.15, 0.2) is 58.1 Å². The predicted molar refractivity (Wildman–Crippen MR) is 156 cm³/mol. The summed E-state index contributed by atoms with van der Waals surface area (Å²) in [5.74, 6) is 1.78. The Hall–Kier alpha value is -3.32. The van der Waals surface area contributed by atoms with Crippen molar-refractivity contribution < 1.29 is 32.5 Å². The number of ether oxygens (including phenoxy) is 3. The van der Waals surface area contributed by atoms with Gasteiger partial charge in [-0.15, -0.1) is 11.3 Å². The molecule has 0 saturated heterocycles. The van der Waals surface area contributed by atoms with Gasteiger partial charge in [-0.3, -0.25) is 14.4 Å². The molecule has 41 heavy (non-hydrogen) atoms. The van der Waals surface area contributed by atoms with Crippen LogP contribution in [-0.4, -0.2) is 74.9 Å². The fourth-order valence-corrected chi connectivity index (χ4v) is 7.10. The second-order valence-corrected chi connectivity index (χ2v) is 13.5. The maximum absolute atomic E-state index is 13.5. The second-order valence-electron chi connectivity index (χ2n) is 10.6. The van der Waals surface area contributed by atoms with Crippen LogP contribution in [0.3, 0.4) is 0 Å². The van der Waals surface area contributed by atoms with Crippen LogP contribution >= 0.6 is 11.3 Å². The number of benzene rings is 2. The number of hydrogen-bond donors (Lipinski definition) is 2. The molecule has 220 valence electrons. The van der Waals surface area contributed by atoms with Gasteiger partial charge in [-0.2, -0.15) is 0 Å². The molecule has 5 rings (SSSR count). The molecule has 0 saturated carbocycles. The first-order valence-corrected chi connectivity index (χ1v) is 15.8. The van der Waals surface area contributed by atoms with Crippen LogP contribution < -0.4 is 18.9 Å². The SMILES string of the molecule is C[C@H]1CN([C@@H](C)CO)C(=O)Cc2cc(NS(=O)(=O)c3cccs3)ccc2O[C@@H]1CN(C)Cc1ccc2c(c1)OCO2. The monoisotopic (exact) mass is 601 g/mol. The Kier molecular flexibility index (Phi) is 8.74. The third-order valence-electron chi connectivity index (χ3n) is 7.31. The summed E-state index contributed by atoms with van der Waals surface area (Å²) in [7, 11) is -1.75. The lowest BCUT2D eigenvalue weighted by molar-refractivity contribution is -0.134. The molecule has 2 aliphatic heterocycles. The topological polar surface area (TPSA) is 118 Å². The molecule has 0 spiro atoms. The third kappa shape index (κ3) is 6.78. The first-order chi connectivity index (χ1) is 19.6. The second kappa shape index (κ2) is 12.3. The first-order valence-electron chi connectivity index (χ1n) is 13.5. The summed E-state index contributed by atoms with van der Waals surface area (Å²) in [4.78, 5) is 17.3. The van der Waals surface area contributed by atoms with E-state index in [-0.39, 0.29) is 48.0 Å². The van der Waals surface area contributed by atoms with E-state index in [2.05, 4.69) is 9.62 Å². The molecule has 3 atom stereocenters. The van der Waals surface area contributed by atoms with Crippen LogP contribution in [-0.2, 0) is 27.8 Å². The Balaban J connectivity index is 1.40. The lowest BCUT2D eigenvalue weighted by atomic mass is 10.0. The van der Waals surface area contributed by atoms with Crippen molar-refractivity contribution >= 4 is 33.0 Å². The number of thiophene rings is 1. The van der Waals surface area contributed by atoms with E-state index in [0.717, 1.165) is 28.4 Å². The lowest BCUT2D eigenvalue weighted by Gasteiger charge is -2.34. The van der Waals surface area contributed by atoms with Gasteiger partial charge in [0.05, 0.1) is 19.1 Å². The van der Waals surface area contributed by atoms with Gasteiger partial charge in [0.15, 0.2) is 11.5 Å². The fraction of sp³-hybridized carbons (Fsp3) is 0.414. The van der Waals surface area contributed by atoms with Crippen LogP contribution in [0.5, 0.6) is 17.2 Å². The lowest BCUT2D eigenvalue weighted by Crippen LogP contribution is -2.47. The minimum atomic E-state index is -3.75. The Labute approximate surface area is 244 Å². The molecule has 3 aromatic rings. The predicted octanol–water partition coefficient (Wildman–Crippen LogP) is 3.56. The Bertz CT molecular complexity index is 1480. The molecule has 0 unspecified atom stereocenters. The van der Waals surface area contributed by atoms with Crippen molar-refractivity contribution in [3.05, 3.63) is 65.0 Å². The van der Waals surface area contributed by atoms with E-state index in [4.69, 9.17) is 14.2 Å². The van der Waals surface area contributed by atoms with E-state index in [9.17, 15) is 18.3 Å². The summed E-state index contributed by atoms with van der Waals surface area (Å²) in [6, 6.07) is 13.8. The molecule has 0 bridgehead atoms. The molecule has 0 fully saturated rings. The number of fused-ring (bicyclic) bond motifs is 2. The summed E-state index contributed by atoms with van der Waals surface area (Å²) in [6.07, 6.45) is -0.276. The Morgan fingerprint density at radius 3 is 2.68 bits per heavy atom. The van der Waals surface area contributed by atoms with Crippen molar-refractivity contribution in [3.63, 3.8) is 0 Å². The van der Waals surface area contributed by atoms with Crippen molar-refractivity contribution in [3.8, 4) is 17.2 Å². The number of nitrogens with zero attached hydrogens (tertiary/aromatic N) is 2. The summed E-state index contributed by atoms with van der Waals surface area (Å²) >= 11 is 1.13. The van der Waals surface area contributed by atoms with Crippen LogP contribution in [0.1, 0.15) is 25.0 Å². The largest absolute Gasteiger partial charge is 0.488 e. The number of aliphatic hydroxyl groups is 1. The van der Waals surface area contributed by atoms with E-state index in [1.54, 1.807) is 34.5 Å². The number of amides is 1. The van der Waals surface area contributed by atoms with Crippen LogP contribution in [0.25, 0.3) is 0 Å². The molecule has 1 aromatic heterocycles. The number of sulfonamides is 1. The van der Waals surface area contributed by atoms with Gasteiger partial charge >= 0.3 is 0 Å². The van der Waals surface area contributed by atoms with Gasteiger partial charge in [-0.05, 0) is 61.3 Å². The molecular formula is C29H35N3O7S2. The van der Waals surface area contributed by atoms with Crippen molar-refractivity contribution in [1.82, 2.24) is 9.80 Å².